The lowest BCUT2D eigenvalue weighted by Crippen LogP contribution is -2.26. The predicted molar refractivity (Wildman–Crippen MR) is 156 cm³/mol. The van der Waals surface area contributed by atoms with Crippen LogP contribution in [0.25, 0.3) is 22.5 Å². The van der Waals surface area contributed by atoms with E-state index in [0.29, 0.717) is 0 Å². The highest BCUT2D eigenvalue weighted by molar-refractivity contribution is 7.99. The van der Waals surface area contributed by atoms with Crippen molar-refractivity contribution in [1.82, 2.24) is 17.5 Å². The minimum Gasteiger partial charge on any atom is -0.207 e. The van der Waals surface area contributed by atoms with Crippen molar-refractivity contribution in [1.29, 1.82) is 0 Å². The summed E-state index contributed by atoms with van der Waals surface area (Å²) in [6.07, 6.45) is 20.1. The molecule has 0 amide bonds. The Labute approximate surface area is 237 Å². The van der Waals surface area contributed by atoms with Crippen molar-refractivity contribution in [2.24, 2.45) is 14.1 Å². The fourth-order valence-electron chi connectivity index (χ4n) is 4.14. The summed E-state index contributed by atoms with van der Waals surface area (Å²) in [5.74, 6) is 2.24. The third kappa shape index (κ3) is 9.12. The molecule has 4 aromatic rings. The van der Waals surface area contributed by atoms with E-state index in [1.54, 1.807) is 0 Å². The molecule has 0 N–H and O–H groups in total. The topological polar surface area (TPSA) is 59.3 Å². The van der Waals surface area contributed by atoms with Crippen LogP contribution in [0.3, 0.4) is 0 Å². The molecule has 0 aliphatic rings. The van der Waals surface area contributed by atoms with E-state index in [1.165, 1.54) is 81.2 Å². The zero-order valence-electron chi connectivity index (χ0n) is 21.7. The second-order valence-corrected chi connectivity index (χ2v) is 12.5. The first kappa shape index (κ1) is 28.1. The molecule has 6 nitrogen and oxygen atoms in total. The van der Waals surface area contributed by atoms with Crippen LogP contribution in [0, 0.1) is 0 Å². The third-order valence-electron chi connectivity index (χ3n) is 6.11. The molecular formula is C27H36N6S4+2. The fraction of sp³-hybridized carbons (Fsp3) is 0.481. The number of hydrogen-bond acceptors (Lipinski definition) is 8. The first-order valence-electron chi connectivity index (χ1n) is 13.0. The molecule has 37 heavy (non-hydrogen) atoms. The van der Waals surface area contributed by atoms with Crippen molar-refractivity contribution in [2.75, 3.05) is 11.5 Å². The number of hydrogen-bond donors (Lipinski definition) is 0. The van der Waals surface area contributed by atoms with Crippen molar-refractivity contribution in [3.05, 3.63) is 49.1 Å². The van der Waals surface area contributed by atoms with E-state index in [-0.39, 0.29) is 0 Å². The van der Waals surface area contributed by atoms with Gasteiger partial charge >= 0.3 is 0 Å². The Kier molecular flexibility index (Phi) is 11.8. The quantitative estimate of drug-likeness (QED) is 0.0839. The van der Waals surface area contributed by atoms with E-state index in [9.17, 15) is 0 Å². The van der Waals surface area contributed by atoms with Gasteiger partial charge in [-0.2, -0.15) is 17.5 Å². The molecule has 0 radical (unpaired) electrons. The maximum atomic E-state index is 4.52. The number of nitrogens with zero attached hydrogens (tertiary/aromatic N) is 6. The van der Waals surface area contributed by atoms with Crippen LogP contribution < -0.4 is 9.13 Å². The largest absolute Gasteiger partial charge is 0.207 e. The lowest BCUT2D eigenvalue weighted by molar-refractivity contribution is -0.671. The molecule has 196 valence electrons. The fourth-order valence-corrected chi connectivity index (χ4v) is 7.51. The van der Waals surface area contributed by atoms with Gasteiger partial charge in [0.15, 0.2) is 24.8 Å². The molecule has 0 atom stereocenters. The van der Waals surface area contributed by atoms with Gasteiger partial charge in [0.1, 0.15) is 35.5 Å². The monoisotopic (exact) mass is 572 g/mol. The maximum Gasteiger partial charge on any atom is 0.178 e. The molecule has 4 aromatic heterocycles. The van der Waals surface area contributed by atoms with Crippen LogP contribution in [-0.4, -0.2) is 29.0 Å². The highest BCUT2D eigenvalue weighted by Crippen LogP contribution is 2.30. The zero-order valence-corrected chi connectivity index (χ0v) is 25.0. The van der Waals surface area contributed by atoms with E-state index < -0.39 is 0 Å². The summed E-state index contributed by atoms with van der Waals surface area (Å²) in [5.41, 5.74) is 4.34. The maximum absolute atomic E-state index is 4.52. The van der Waals surface area contributed by atoms with Crippen LogP contribution in [0.2, 0.25) is 0 Å². The number of aromatic nitrogens is 6. The molecule has 4 heterocycles. The van der Waals surface area contributed by atoms with Gasteiger partial charge in [-0.25, -0.2) is 9.13 Å². The van der Waals surface area contributed by atoms with E-state index in [1.807, 2.05) is 50.0 Å². The molecule has 0 unspecified atom stereocenters. The van der Waals surface area contributed by atoms with E-state index in [4.69, 9.17) is 0 Å². The van der Waals surface area contributed by atoms with Gasteiger partial charge in [0.25, 0.3) is 0 Å². The number of aryl methyl sites for hydroxylation is 2. The highest BCUT2D eigenvalue weighted by Gasteiger charge is 2.14. The van der Waals surface area contributed by atoms with E-state index >= 15 is 0 Å². The van der Waals surface area contributed by atoms with Gasteiger partial charge in [-0.05, 0) is 36.5 Å². The van der Waals surface area contributed by atoms with Crippen molar-refractivity contribution in [3.8, 4) is 22.5 Å². The number of unbranched alkanes of at least 4 members (excludes halogenated alkanes) is 8. The normalized spacial score (nSPS) is 11.3. The predicted octanol–water partition coefficient (Wildman–Crippen LogP) is 6.77. The molecule has 0 aliphatic carbocycles. The minimum absolute atomic E-state index is 1.03. The average Bonchev–Trinajstić information content (AvgIpc) is 3.56. The SMILES string of the molecule is C[n+]1cccc(-c2nsnc2SCCCCCCCCCCCSc2nsnc2-c2ccc[n+](C)c2)c1. The summed E-state index contributed by atoms with van der Waals surface area (Å²) in [6, 6.07) is 8.34. The van der Waals surface area contributed by atoms with Crippen LogP contribution in [-0.2, 0) is 14.1 Å². The molecule has 0 spiro atoms. The molecule has 0 saturated carbocycles. The van der Waals surface area contributed by atoms with Gasteiger partial charge in [0.05, 0.1) is 34.6 Å². The van der Waals surface area contributed by atoms with Crippen LogP contribution >= 0.6 is 47.0 Å². The van der Waals surface area contributed by atoms with E-state index in [0.717, 1.165) is 44.1 Å². The van der Waals surface area contributed by atoms with Gasteiger partial charge in [-0.3, -0.25) is 0 Å². The summed E-state index contributed by atoms with van der Waals surface area (Å²) < 4.78 is 22.2. The highest BCUT2D eigenvalue weighted by atomic mass is 32.2. The smallest absolute Gasteiger partial charge is 0.178 e. The first-order valence-corrected chi connectivity index (χ1v) is 16.5. The van der Waals surface area contributed by atoms with Crippen LogP contribution in [0.5, 0.6) is 0 Å². The number of pyridine rings is 2. The van der Waals surface area contributed by atoms with Gasteiger partial charge < -0.3 is 0 Å². The summed E-state index contributed by atoms with van der Waals surface area (Å²) in [6.45, 7) is 0. The van der Waals surface area contributed by atoms with Crippen molar-refractivity contribution in [2.45, 2.75) is 67.8 Å². The molecule has 0 bridgehead atoms. The van der Waals surface area contributed by atoms with Crippen molar-refractivity contribution >= 4 is 47.0 Å². The summed E-state index contributed by atoms with van der Waals surface area (Å²) in [4.78, 5) is 0. The Morgan fingerprint density at radius 2 is 1.00 bits per heavy atom. The molecule has 4 rings (SSSR count). The zero-order chi connectivity index (χ0) is 25.7. The third-order valence-corrected chi connectivity index (χ3v) is 9.50. The number of rotatable bonds is 16. The Bertz CT molecular complexity index is 1130. The Balaban J connectivity index is 1.00. The molecule has 0 fully saturated rings. The van der Waals surface area contributed by atoms with Crippen LogP contribution in [0.4, 0.5) is 0 Å². The second kappa shape index (κ2) is 15.5. The standard InChI is InChI=1S/C27H36N6S4/c1-32-16-12-14-22(20-32)24-26(30-36-28-24)34-18-10-8-6-4-3-5-7-9-11-19-35-27-25(29-37-31-27)23-15-13-17-33(2)21-23/h12-17,20-21H,3-11,18-19H2,1-2H3/q+2. The molecule has 0 aromatic carbocycles. The first-order chi connectivity index (χ1) is 18.2. The molecule has 10 heteroatoms. The minimum atomic E-state index is 1.03. The van der Waals surface area contributed by atoms with Crippen LogP contribution in [0.15, 0.2) is 59.1 Å². The van der Waals surface area contributed by atoms with Gasteiger partial charge in [0.2, 0.25) is 0 Å². The molecule has 0 saturated heterocycles. The Morgan fingerprint density at radius 3 is 1.41 bits per heavy atom. The second-order valence-electron chi connectivity index (χ2n) is 9.23. The Hall–Kier alpha value is -1.88. The van der Waals surface area contributed by atoms with Gasteiger partial charge in [-0.1, -0.05) is 44.9 Å². The Morgan fingerprint density at radius 1 is 0.595 bits per heavy atom. The van der Waals surface area contributed by atoms with Crippen molar-refractivity contribution < 1.29 is 9.13 Å². The number of thioether (sulfide) groups is 2. The van der Waals surface area contributed by atoms with E-state index in [2.05, 4.69) is 63.3 Å². The molecular weight excluding hydrogens is 537 g/mol. The van der Waals surface area contributed by atoms with Crippen molar-refractivity contribution in [3.63, 3.8) is 0 Å². The summed E-state index contributed by atoms with van der Waals surface area (Å²) in [7, 11) is 4.08. The summed E-state index contributed by atoms with van der Waals surface area (Å²) >= 11 is 6.32. The molecule has 0 aliphatic heterocycles. The van der Waals surface area contributed by atoms with Gasteiger partial charge in [-0.15, -0.1) is 23.5 Å². The lowest BCUT2D eigenvalue weighted by Gasteiger charge is -2.04. The lowest BCUT2D eigenvalue weighted by atomic mass is 10.1. The summed E-state index contributed by atoms with van der Waals surface area (Å²) in [5, 5.41) is 2.15. The van der Waals surface area contributed by atoms with Gasteiger partial charge in [0, 0.05) is 12.1 Å². The van der Waals surface area contributed by atoms with Crippen LogP contribution in [0.1, 0.15) is 57.8 Å². The average molecular weight is 573 g/mol.